The van der Waals surface area contributed by atoms with E-state index in [1.807, 2.05) is 6.07 Å². The molecule has 2 rings (SSSR count). The first-order chi connectivity index (χ1) is 7.95. The smallest absolute Gasteiger partial charge is 0.0716 e. The van der Waals surface area contributed by atoms with Gasteiger partial charge in [0.1, 0.15) is 0 Å². The van der Waals surface area contributed by atoms with Crippen LogP contribution in [0.3, 0.4) is 0 Å². The van der Waals surface area contributed by atoms with Crippen LogP contribution < -0.4 is 0 Å². The minimum absolute atomic E-state index is 0.751. The maximum atomic E-state index is 5.65. The lowest BCUT2D eigenvalue weighted by molar-refractivity contribution is 0.111. The third-order valence-corrected chi connectivity index (χ3v) is 3.07. The number of nitrogens with zero attached hydrogens (tertiary/aromatic N) is 1. The van der Waals surface area contributed by atoms with Crippen LogP contribution >= 0.6 is 0 Å². The summed E-state index contributed by atoms with van der Waals surface area (Å²) in [6.07, 6.45) is 3.92. The van der Waals surface area contributed by atoms with Gasteiger partial charge in [-0.25, -0.2) is 0 Å². The summed E-state index contributed by atoms with van der Waals surface area (Å²) in [5.74, 6) is 0. The Morgan fingerprint density at radius 3 is 2.56 bits per heavy atom. The fraction of sp³-hybridized carbons (Fsp3) is 0.571. The van der Waals surface area contributed by atoms with E-state index < -0.39 is 0 Å². The molecule has 0 unspecified atom stereocenters. The zero-order chi connectivity index (χ0) is 11.1. The molecule has 88 valence electrons. The van der Waals surface area contributed by atoms with E-state index in [4.69, 9.17) is 4.74 Å². The summed E-state index contributed by atoms with van der Waals surface area (Å²) in [7, 11) is 0. The van der Waals surface area contributed by atoms with Gasteiger partial charge in [0.25, 0.3) is 0 Å². The van der Waals surface area contributed by atoms with Crippen LogP contribution in [0.15, 0.2) is 30.3 Å². The molecule has 0 N–H and O–H groups in total. The zero-order valence-electron chi connectivity index (χ0n) is 9.90. The maximum Gasteiger partial charge on any atom is 0.0716 e. The highest BCUT2D eigenvalue weighted by Gasteiger charge is 2.09. The van der Waals surface area contributed by atoms with E-state index in [1.165, 1.54) is 38.0 Å². The summed E-state index contributed by atoms with van der Waals surface area (Å²) < 4.78 is 5.65. The fourth-order valence-corrected chi connectivity index (χ4v) is 2.16. The van der Waals surface area contributed by atoms with E-state index in [0.717, 1.165) is 19.6 Å². The van der Waals surface area contributed by atoms with Crippen molar-refractivity contribution in [2.45, 2.75) is 25.9 Å². The van der Waals surface area contributed by atoms with Gasteiger partial charge >= 0.3 is 0 Å². The van der Waals surface area contributed by atoms with Gasteiger partial charge in [0.2, 0.25) is 0 Å². The fourth-order valence-electron chi connectivity index (χ4n) is 2.16. The van der Waals surface area contributed by atoms with Crippen LogP contribution in [0, 0.1) is 0 Å². The van der Waals surface area contributed by atoms with Gasteiger partial charge in [-0.3, -0.25) is 0 Å². The predicted octanol–water partition coefficient (Wildman–Crippen LogP) is 2.69. The van der Waals surface area contributed by atoms with Gasteiger partial charge in [0.05, 0.1) is 6.61 Å². The Hall–Kier alpha value is -0.860. The predicted molar refractivity (Wildman–Crippen MR) is 66.4 cm³/mol. The topological polar surface area (TPSA) is 12.5 Å². The van der Waals surface area contributed by atoms with Crippen molar-refractivity contribution in [1.82, 2.24) is 4.90 Å². The van der Waals surface area contributed by atoms with E-state index >= 15 is 0 Å². The number of hydrogen-bond acceptors (Lipinski definition) is 2. The van der Waals surface area contributed by atoms with Crippen molar-refractivity contribution in [1.29, 1.82) is 0 Å². The lowest BCUT2D eigenvalue weighted by atomic mass is 10.2. The largest absolute Gasteiger partial charge is 0.377 e. The standard InChI is InChI=1S/C14H21NO/c1-2-7-14(8-3-1)13-16-12-6-11-15-9-4-5-10-15/h1-3,7-8H,4-6,9-13H2. The number of ether oxygens (including phenoxy) is 1. The molecule has 1 aromatic carbocycles. The molecule has 0 saturated carbocycles. The Kier molecular flexibility index (Phi) is 4.84. The van der Waals surface area contributed by atoms with Crippen LogP contribution in [0.4, 0.5) is 0 Å². The van der Waals surface area contributed by atoms with Crippen molar-refractivity contribution in [2.24, 2.45) is 0 Å². The van der Waals surface area contributed by atoms with Crippen LogP contribution in [0.25, 0.3) is 0 Å². The lowest BCUT2D eigenvalue weighted by Crippen LogP contribution is -2.21. The average Bonchev–Trinajstić information content (AvgIpc) is 2.83. The molecular formula is C14H21NO. The van der Waals surface area contributed by atoms with Crippen molar-refractivity contribution in [3.63, 3.8) is 0 Å². The van der Waals surface area contributed by atoms with Crippen LogP contribution in [-0.2, 0) is 11.3 Å². The molecule has 0 amide bonds. The summed E-state index contributed by atoms with van der Waals surface area (Å²) in [6, 6.07) is 10.4. The highest BCUT2D eigenvalue weighted by molar-refractivity contribution is 5.13. The summed E-state index contributed by atoms with van der Waals surface area (Å²) >= 11 is 0. The minimum atomic E-state index is 0.751. The highest BCUT2D eigenvalue weighted by Crippen LogP contribution is 2.07. The SMILES string of the molecule is c1ccc(COCCCN2CCCC2)cc1. The van der Waals surface area contributed by atoms with Crippen LogP contribution in [-0.4, -0.2) is 31.1 Å². The van der Waals surface area contributed by atoms with Gasteiger partial charge in [-0.2, -0.15) is 0 Å². The molecule has 16 heavy (non-hydrogen) atoms. The van der Waals surface area contributed by atoms with Gasteiger partial charge in [-0.1, -0.05) is 30.3 Å². The zero-order valence-corrected chi connectivity index (χ0v) is 9.90. The Balaban J connectivity index is 1.52. The van der Waals surface area contributed by atoms with E-state index in [2.05, 4.69) is 29.2 Å². The van der Waals surface area contributed by atoms with Gasteiger partial charge in [-0.05, 0) is 37.9 Å². The molecular weight excluding hydrogens is 198 g/mol. The highest BCUT2D eigenvalue weighted by atomic mass is 16.5. The molecule has 2 heteroatoms. The Bertz CT molecular complexity index is 280. The lowest BCUT2D eigenvalue weighted by Gasteiger charge is -2.13. The maximum absolute atomic E-state index is 5.65. The first-order valence-electron chi connectivity index (χ1n) is 6.29. The number of rotatable bonds is 6. The van der Waals surface area contributed by atoms with E-state index in [0.29, 0.717) is 0 Å². The van der Waals surface area contributed by atoms with Crippen LogP contribution in [0.1, 0.15) is 24.8 Å². The van der Waals surface area contributed by atoms with Crippen molar-refractivity contribution in [2.75, 3.05) is 26.2 Å². The van der Waals surface area contributed by atoms with Gasteiger partial charge in [0.15, 0.2) is 0 Å². The third-order valence-electron chi connectivity index (χ3n) is 3.07. The quantitative estimate of drug-likeness (QED) is 0.682. The molecule has 1 aliphatic heterocycles. The van der Waals surface area contributed by atoms with Gasteiger partial charge < -0.3 is 9.64 Å². The van der Waals surface area contributed by atoms with Crippen LogP contribution in [0.2, 0.25) is 0 Å². The molecule has 1 aliphatic rings. The molecule has 1 aromatic rings. The third kappa shape index (κ3) is 3.95. The first kappa shape index (κ1) is 11.6. The summed E-state index contributed by atoms with van der Waals surface area (Å²) in [6.45, 7) is 5.42. The van der Waals surface area contributed by atoms with Gasteiger partial charge in [-0.15, -0.1) is 0 Å². The molecule has 0 bridgehead atoms. The minimum Gasteiger partial charge on any atom is -0.377 e. The number of hydrogen-bond donors (Lipinski definition) is 0. The average molecular weight is 219 g/mol. The van der Waals surface area contributed by atoms with E-state index in [-0.39, 0.29) is 0 Å². The van der Waals surface area contributed by atoms with Crippen molar-refractivity contribution >= 4 is 0 Å². The molecule has 1 saturated heterocycles. The van der Waals surface area contributed by atoms with Gasteiger partial charge in [0, 0.05) is 13.2 Å². The van der Waals surface area contributed by atoms with Crippen LogP contribution in [0.5, 0.6) is 0 Å². The summed E-state index contributed by atoms with van der Waals surface area (Å²) in [5.41, 5.74) is 1.27. The molecule has 0 radical (unpaired) electrons. The van der Waals surface area contributed by atoms with E-state index in [1.54, 1.807) is 0 Å². The molecule has 0 atom stereocenters. The molecule has 2 nitrogen and oxygen atoms in total. The van der Waals surface area contributed by atoms with Crippen molar-refractivity contribution in [3.05, 3.63) is 35.9 Å². The second kappa shape index (κ2) is 6.66. The van der Waals surface area contributed by atoms with Crippen molar-refractivity contribution < 1.29 is 4.74 Å². The van der Waals surface area contributed by atoms with Crippen molar-refractivity contribution in [3.8, 4) is 0 Å². The molecule has 1 heterocycles. The Morgan fingerprint density at radius 2 is 1.81 bits per heavy atom. The monoisotopic (exact) mass is 219 g/mol. The summed E-state index contributed by atoms with van der Waals surface area (Å²) in [4.78, 5) is 2.53. The normalized spacial score (nSPS) is 16.8. The molecule has 0 spiro atoms. The second-order valence-electron chi connectivity index (χ2n) is 4.44. The number of benzene rings is 1. The Morgan fingerprint density at radius 1 is 1.06 bits per heavy atom. The second-order valence-corrected chi connectivity index (χ2v) is 4.44. The molecule has 1 fully saturated rings. The number of likely N-dealkylation sites (tertiary alicyclic amines) is 1. The molecule has 0 aliphatic carbocycles. The summed E-state index contributed by atoms with van der Waals surface area (Å²) in [5, 5.41) is 0. The van der Waals surface area contributed by atoms with E-state index in [9.17, 15) is 0 Å². The Labute approximate surface area is 98.2 Å². The molecule has 0 aromatic heterocycles. The first-order valence-corrected chi connectivity index (χ1v) is 6.29.